The van der Waals surface area contributed by atoms with Crippen LogP contribution in [-0.2, 0) is 10.0 Å². The van der Waals surface area contributed by atoms with E-state index in [9.17, 15) is 8.42 Å². The molecule has 2 aromatic rings. The summed E-state index contributed by atoms with van der Waals surface area (Å²) in [6.45, 7) is 1.71. The minimum absolute atomic E-state index is 0.169. The molecule has 20 heavy (non-hydrogen) atoms. The highest BCUT2D eigenvalue weighted by Gasteiger charge is 2.11. The average Bonchev–Trinajstić information content (AvgIpc) is 2.46. The van der Waals surface area contributed by atoms with Gasteiger partial charge in [0.05, 0.1) is 10.6 Å². The number of sulfonamides is 1. The normalized spacial score (nSPS) is 12.2. The molecule has 0 radical (unpaired) electrons. The molecule has 0 heterocycles. The van der Waals surface area contributed by atoms with Gasteiger partial charge in [-0.25, -0.2) is 0 Å². The molecule has 6 heteroatoms. The Bertz CT molecular complexity index is 728. The van der Waals surface area contributed by atoms with Gasteiger partial charge in [0.1, 0.15) is 0 Å². The summed E-state index contributed by atoms with van der Waals surface area (Å²) in [5.41, 5.74) is 1.29. The Kier molecular flexibility index (Phi) is 4.42. The number of hydrogen-bond donors (Lipinski definition) is 1. The van der Waals surface area contributed by atoms with Crippen molar-refractivity contribution in [3.63, 3.8) is 0 Å². The fourth-order valence-electron chi connectivity index (χ4n) is 1.56. The summed E-state index contributed by atoms with van der Waals surface area (Å²) in [6, 6.07) is 15.1. The molecule has 0 aromatic heterocycles. The van der Waals surface area contributed by atoms with Crippen LogP contribution in [0.3, 0.4) is 0 Å². The molecule has 0 unspecified atom stereocenters. The molecule has 104 valence electrons. The minimum atomic E-state index is -3.64. The van der Waals surface area contributed by atoms with Crippen LogP contribution in [0.2, 0.25) is 5.02 Å². The molecular weight excluding hydrogens is 296 g/mol. The third-order valence-corrected chi connectivity index (χ3v) is 4.09. The van der Waals surface area contributed by atoms with Crippen LogP contribution in [0.1, 0.15) is 12.5 Å². The SMILES string of the molecule is C/C(=N/NS(=O)(=O)c1ccccc1)c1cccc(Cl)c1. The zero-order valence-corrected chi connectivity index (χ0v) is 12.3. The highest BCUT2D eigenvalue weighted by atomic mass is 35.5. The molecule has 4 nitrogen and oxygen atoms in total. The molecule has 0 bridgehead atoms. The lowest BCUT2D eigenvalue weighted by atomic mass is 10.1. The lowest BCUT2D eigenvalue weighted by Crippen LogP contribution is -2.19. The first-order valence-electron chi connectivity index (χ1n) is 5.86. The molecule has 1 N–H and O–H groups in total. The van der Waals surface area contributed by atoms with Gasteiger partial charge >= 0.3 is 0 Å². The number of nitrogens with zero attached hydrogens (tertiary/aromatic N) is 1. The van der Waals surface area contributed by atoms with Crippen LogP contribution in [0.25, 0.3) is 0 Å². The predicted octanol–water partition coefficient (Wildman–Crippen LogP) is 3.04. The van der Waals surface area contributed by atoms with Crippen LogP contribution >= 0.6 is 11.6 Å². The first kappa shape index (κ1) is 14.6. The predicted molar refractivity (Wildman–Crippen MR) is 80.4 cm³/mol. The second-order valence-electron chi connectivity index (χ2n) is 4.12. The first-order chi connectivity index (χ1) is 9.49. The van der Waals surface area contributed by atoms with E-state index in [4.69, 9.17) is 11.6 Å². The van der Waals surface area contributed by atoms with Gasteiger partial charge in [-0.15, -0.1) is 0 Å². The Morgan fingerprint density at radius 2 is 1.80 bits per heavy atom. The average molecular weight is 309 g/mol. The highest BCUT2D eigenvalue weighted by molar-refractivity contribution is 7.89. The molecular formula is C14H13ClN2O2S. The lowest BCUT2D eigenvalue weighted by molar-refractivity contribution is 0.584. The van der Waals surface area contributed by atoms with Gasteiger partial charge in [-0.2, -0.15) is 18.4 Å². The fraction of sp³-hybridized carbons (Fsp3) is 0.0714. The van der Waals surface area contributed by atoms with E-state index in [1.807, 2.05) is 6.07 Å². The highest BCUT2D eigenvalue weighted by Crippen LogP contribution is 2.12. The van der Waals surface area contributed by atoms with Gasteiger partial charge < -0.3 is 0 Å². The van der Waals surface area contributed by atoms with E-state index in [1.165, 1.54) is 12.1 Å². The molecule has 0 saturated carbocycles. The monoisotopic (exact) mass is 308 g/mol. The third-order valence-electron chi connectivity index (χ3n) is 2.63. The van der Waals surface area contributed by atoms with E-state index in [-0.39, 0.29) is 4.90 Å². The molecule has 0 fully saturated rings. The van der Waals surface area contributed by atoms with Crippen molar-refractivity contribution in [3.05, 3.63) is 65.2 Å². The maximum absolute atomic E-state index is 12.0. The van der Waals surface area contributed by atoms with E-state index >= 15 is 0 Å². The van der Waals surface area contributed by atoms with E-state index in [2.05, 4.69) is 9.93 Å². The molecule has 0 amide bonds. The van der Waals surface area contributed by atoms with Crippen molar-refractivity contribution in [2.24, 2.45) is 5.10 Å². The fourth-order valence-corrected chi connectivity index (χ4v) is 2.63. The topological polar surface area (TPSA) is 58.5 Å². The summed E-state index contributed by atoms with van der Waals surface area (Å²) in [5, 5.41) is 4.48. The summed E-state index contributed by atoms with van der Waals surface area (Å²) in [7, 11) is -3.64. The van der Waals surface area contributed by atoms with E-state index in [1.54, 1.807) is 43.3 Å². The Balaban J connectivity index is 2.21. The zero-order chi connectivity index (χ0) is 14.6. The Morgan fingerprint density at radius 3 is 2.45 bits per heavy atom. The van der Waals surface area contributed by atoms with Crippen molar-refractivity contribution in [1.29, 1.82) is 0 Å². The largest absolute Gasteiger partial charge is 0.276 e. The molecule has 0 aliphatic heterocycles. The van der Waals surface area contributed by atoms with Crippen LogP contribution in [0.4, 0.5) is 0 Å². The van der Waals surface area contributed by atoms with Gasteiger partial charge in [-0.05, 0) is 36.8 Å². The number of halogens is 1. The van der Waals surface area contributed by atoms with Gasteiger partial charge in [0.15, 0.2) is 0 Å². The molecule has 0 spiro atoms. The van der Waals surface area contributed by atoms with Gasteiger partial charge in [-0.1, -0.05) is 41.9 Å². The van der Waals surface area contributed by atoms with Crippen LogP contribution in [-0.4, -0.2) is 14.1 Å². The quantitative estimate of drug-likeness (QED) is 0.697. The standard InChI is InChI=1S/C14H13ClN2O2S/c1-11(12-6-5-7-13(15)10-12)16-17-20(18,19)14-8-3-2-4-9-14/h2-10,17H,1H3/b16-11-. The Labute approximate surface area is 123 Å². The van der Waals surface area contributed by atoms with Crippen LogP contribution in [0.5, 0.6) is 0 Å². The second-order valence-corrected chi connectivity index (χ2v) is 6.21. The van der Waals surface area contributed by atoms with E-state index in [0.29, 0.717) is 10.7 Å². The zero-order valence-electron chi connectivity index (χ0n) is 10.7. The summed E-state index contributed by atoms with van der Waals surface area (Å²) < 4.78 is 24.0. The molecule has 2 rings (SSSR count). The van der Waals surface area contributed by atoms with Crippen LogP contribution in [0.15, 0.2) is 64.6 Å². The summed E-state index contributed by atoms with van der Waals surface area (Å²) in [5.74, 6) is 0. The van der Waals surface area contributed by atoms with E-state index < -0.39 is 10.0 Å². The Hall–Kier alpha value is -1.85. The van der Waals surface area contributed by atoms with Crippen molar-refractivity contribution in [2.45, 2.75) is 11.8 Å². The van der Waals surface area contributed by atoms with Gasteiger partial charge in [-0.3, -0.25) is 0 Å². The molecule has 2 aromatic carbocycles. The lowest BCUT2D eigenvalue weighted by Gasteiger charge is -2.05. The molecule has 0 atom stereocenters. The summed E-state index contributed by atoms with van der Waals surface area (Å²) in [6.07, 6.45) is 0. The first-order valence-corrected chi connectivity index (χ1v) is 7.72. The number of nitrogens with one attached hydrogen (secondary N) is 1. The van der Waals surface area contributed by atoms with Crippen molar-refractivity contribution in [1.82, 2.24) is 4.83 Å². The molecule has 0 aliphatic rings. The maximum atomic E-state index is 12.0. The number of hydrazone groups is 1. The van der Waals surface area contributed by atoms with Crippen molar-refractivity contribution in [3.8, 4) is 0 Å². The second kappa shape index (κ2) is 6.07. The van der Waals surface area contributed by atoms with Crippen molar-refractivity contribution >= 4 is 27.3 Å². The van der Waals surface area contributed by atoms with E-state index in [0.717, 1.165) is 5.56 Å². The molecule has 0 aliphatic carbocycles. The minimum Gasteiger partial charge on any atom is -0.200 e. The molecule has 0 saturated heterocycles. The van der Waals surface area contributed by atoms with Crippen LogP contribution in [0, 0.1) is 0 Å². The van der Waals surface area contributed by atoms with Crippen molar-refractivity contribution < 1.29 is 8.42 Å². The number of rotatable bonds is 4. The summed E-state index contributed by atoms with van der Waals surface area (Å²) in [4.78, 5) is 2.38. The Morgan fingerprint density at radius 1 is 1.10 bits per heavy atom. The summed E-state index contributed by atoms with van der Waals surface area (Å²) >= 11 is 5.88. The van der Waals surface area contributed by atoms with Gasteiger partial charge in [0.25, 0.3) is 10.0 Å². The van der Waals surface area contributed by atoms with Crippen molar-refractivity contribution in [2.75, 3.05) is 0 Å². The third kappa shape index (κ3) is 3.59. The van der Waals surface area contributed by atoms with Gasteiger partial charge in [0.2, 0.25) is 0 Å². The number of benzene rings is 2. The number of hydrogen-bond acceptors (Lipinski definition) is 3. The maximum Gasteiger partial charge on any atom is 0.276 e. The van der Waals surface area contributed by atoms with Crippen LogP contribution < -0.4 is 4.83 Å². The smallest absolute Gasteiger partial charge is 0.200 e. The van der Waals surface area contributed by atoms with Gasteiger partial charge in [0, 0.05) is 5.02 Å².